The maximum absolute atomic E-state index is 12.3. The number of hydrogen-bond acceptors (Lipinski definition) is 4. The Bertz CT molecular complexity index is 707. The van der Waals surface area contributed by atoms with Gasteiger partial charge >= 0.3 is 0 Å². The van der Waals surface area contributed by atoms with Crippen LogP contribution in [0.25, 0.3) is 0 Å². The first-order chi connectivity index (χ1) is 11.6. The van der Waals surface area contributed by atoms with E-state index < -0.39 is 5.54 Å². The molecule has 0 saturated heterocycles. The van der Waals surface area contributed by atoms with E-state index in [0.717, 1.165) is 25.7 Å². The van der Waals surface area contributed by atoms with Crippen molar-refractivity contribution in [2.75, 3.05) is 12.4 Å². The van der Waals surface area contributed by atoms with Gasteiger partial charge in [0.1, 0.15) is 5.75 Å². The first-order valence-corrected chi connectivity index (χ1v) is 8.12. The second-order valence-corrected chi connectivity index (χ2v) is 6.09. The normalized spacial score (nSPS) is 15.8. The van der Waals surface area contributed by atoms with Crippen LogP contribution in [-0.4, -0.2) is 18.6 Å². The van der Waals surface area contributed by atoms with E-state index in [-0.39, 0.29) is 5.91 Å². The van der Waals surface area contributed by atoms with E-state index in [2.05, 4.69) is 5.32 Å². The zero-order chi connectivity index (χ0) is 17.0. The molecule has 126 valence electrons. The van der Waals surface area contributed by atoms with Gasteiger partial charge in [0, 0.05) is 5.69 Å². The Morgan fingerprint density at radius 1 is 1.04 bits per heavy atom. The summed E-state index contributed by atoms with van der Waals surface area (Å²) in [5, 5.41) is 2.89. The standard InChI is InChI=1S/C19H22N2O3/c1-23-16-6-2-3-7-17(16)24-15-10-8-14(9-11-15)21-18(22)19(20)12-4-5-13-19/h2-3,6-11H,4-5,12-13,20H2,1H3,(H,21,22). The highest BCUT2D eigenvalue weighted by atomic mass is 16.5. The van der Waals surface area contributed by atoms with E-state index in [4.69, 9.17) is 15.2 Å². The zero-order valence-corrected chi connectivity index (χ0v) is 13.7. The molecule has 0 atom stereocenters. The number of nitrogens with two attached hydrogens (primary N) is 1. The second kappa shape index (κ2) is 6.93. The van der Waals surface area contributed by atoms with Gasteiger partial charge in [-0.15, -0.1) is 0 Å². The summed E-state index contributed by atoms with van der Waals surface area (Å²) in [7, 11) is 1.60. The molecule has 1 fully saturated rings. The number of hydrogen-bond donors (Lipinski definition) is 2. The van der Waals surface area contributed by atoms with Gasteiger partial charge < -0.3 is 20.5 Å². The lowest BCUT2D eigenvalue weighted by molar-refractivity contribution is -0.121. The van der Waals surface area contributed by atoms with Gasteiger partial charge in [-0.2, -0.15) is 0 Å². The molecule has 24 heavy (non-hydrogen) atoms. The second-order valence-electron chi connectivity index (χ2n) is 6.09. The average Bonchev–Trinajstić information content (AvgIpc) is 3.05. The predicted octanol–water partition coefficient (Wildman–Crippen LogP) is 3.70. The van der Waals surface area contributed by atoms with E-state index in [1.54, 1.807) is 31.4 Å². The number of benzene rings is 2. The van der Waals surface area contributed by atoms with Crippen LogP contribution < -0.4 is 20.5 Å². The minimum Gasteiger partial charge on any atom is -0.493 e. The van der Waals surface area contributed by atoms with Gasteiger partial charge in [0.05, 0.1) is 12.6 Å². The molecule has 2 aromatic carbocycles. The molecule has 0 bridgehead atoms. The summed E-state index contributed by atoms with van der Waals surface area (Å²) >= 11 is 0. The van der Waals surface area contributed by atoms with Crippen molar-refractivity contribution in [2.45, 2.75) is 31.2 Å². The minimum atomic E-state index is -0.730. The Morgan fingerprint density at radius 3 is 2.29 bits per heavy atom. The van der Waals surface area contributed by atoms with Gasteiger partial charge in [0.15, 0.2) is 11.5 Å². The van der Waals surface area contributed by atoms with Gasteiger partial charge in [0.2, 0.25) is 5.91 Å². The molecule has 0 heterocycles. The maximum atomic E-state index is 12.3. The van der Waals surface area contributed by atoms with Gasteiger partial charge in [-0.3, -0.25) is 4.79 Å². The fourth-order valence-electron chi connectivity index (χ4n) is 2.92. The van der Waals surface area contributed by atoms with E-state index in [9.17, 15) is 4.79 Å². The first-order valence-electron chi connectivity index (χ1n) is 8.12. The summed E-state index contributed by atoms with van der Waals surface area (Å²) in [4.78, 5) is 12.3. The monoisotopic (exact) mass is 326 g/mol. The van der Waals surface area contributed by atoms with Crippen molar-refractivity contribution in [1.29, 1.82) is 0 Å². The molecule has 5 heteroatoms. The Kier molecular flexibility index (Phi) is 4.71. The quantitative estimate of drug-likeness (QED) is 0.878. The molecule has 1 aliphatic carbocycles. The summed E-state index contributed by atoms with van der Waals surface area (Å²) in [6.07, 6.45) is 3.51. The highest BCUT2D eigenvalue weighted by molar-refractivity contribution is 5.98. The molecule has 3 rings (SSSR count). The molecule has 0 radical (unpaired) electrons. The van der Waals surface area contributed by atoms with Crippen LogP contribution in [0.1, 0.15) is 25.7 Å². The van der Waals surface area contributed by atoms with Gasteiger partial charge in [0.25, 0.3) is 0 Å². The van der Waals surface area contributed by atoms with Crippen molar-refractivity contribution in [3.05, 3.63) is 48.5 Å². The van der Waals surface area contributed by atoms with Crippen LogP contribution in [0.2, 0.25) is 0 Å². The number of para-hydroxylation sites is 2. The summed E-state index contributed by atoms with van der Waals surface area (Å²) < 4.78 is 11.1. The molecule has 1 saturated carbocycles. The van der Waals surface area contributed by atoms with Gasteiger partial charge in [-0.1, -0.05) is 25.0 Å². The Labute approximate surface area is 141 Å². The van der Waals surface area contributed by atoms with E-state index in [1.807, 2.05) is 24.3 Å². The molecule has 0 spiro atoms. The largest absolute Gasteiger partial charge is 0.493 e. The average molecular weight is 326 g/mol. The maximum Gasteiger partial charge on any atom is 0.244 e. The van der Waals surface area contributed by atoms with E-state index in [1.165, 1.54) is 0 Å². The molecule has 1 aliphatic rings. The number of carbonyl (C=O) groups excluding carboxylic acids is 1. The van der Waals surface area contributed by atoms with Crippen molar-refractivity contribution in [2.24, 2.45) is 5.73 Å². The zero-order valence-electron chi connectivity index (χ0n) is 13.7. The van der Waals surface area contributed by atoms with Crippen LogP contribution in [0, 0.1) is 0 Å². The Morgan fingerprint density at radius 2 is 1.67 bits per heavy atom. The third-order valence-electron chi connectivity index (χ3n) is 4.36. The smallest absolute Gasteiger partial charge is 0.244 e. The van der Waals surface area contributed by atoms with Crippen LogP contribution in [0.3, 0.4) is 0 Å². The van der Waals surface area contributed by atoms with Crippen LogP contribution >= 0.6 is 0 Å². The lowest BCUT2D eigenvalue weighted by Crippen LogP contribution is -2.48. The molecule has 3 N–H and O–H groups in total. The van der Waals surface area contributed by atoms with Gasteiger partial charge in [-0.25, -0.2) is 0 Å². The summed E-state index contributed by atoms with van der Waals surface area (Å²) in [6, 6.07) is 14.7. The highest BCUT2D eigenvalue weighted by Crippen LogP contribution is 2.32. The molecule has 1 amide bonds. The Balaban J connectivity index is 1.66. The molecule has 0 aliphatic heterocycles. The lowest BCUT2D eigenvalue weighted by atomic mass is 9.98. The summed E-state index contributed by atoms with van der Waals surface area (Å²) in [5.41, 5.74) is 6.15. The van der Waals surface area contributed by atoms with Crippen molar-refractivity contribution in [3.63, 3.8) is 0 Å². The number of anilines is 1. The summed E-state index contributed by atoms with van der Waals surface area (Å²) in [5.74, 6) is 1.86. The number of amides is 1. The highest BCUT2D eigenvalue weighted by Gasteiger charge is 2.36. The molecular weight excluding hydrogens is 304 g/mol. The first kappa shape index (κ1) is 16.3. The third kappa shape index (κ3) is 3.51. The van der Waals surface area contributed by atoms with Crippen molar-refractivity contribution in [1.82, 2.24) is 0 Å². The molecule has 2 aromatic rings. The third-order valence-corrected chi connectivity index (χ3v) is 4.36. The fraction of sp³-hybridized carbons (Fsp3) is 0.316. The van der Waals surface area contributed by atoms with Gasteiger partial charge in [-0.05, 0) is 49.2 Å². The van der Waals surface area contributed by atoms with Crippen molar-refractivity contribution >= 4 is 11.6 Å². The Hall–Kier alpha value is -2.53. The topological polar surface area (TPSA) is 73.6 Å². The van der Waals surface area contributed by atoms with E-state index in [0.29, 0.717) is 22.9 Å². The predicted molar refractivity (Wildman–Crippen MR) is 93.5 cm³/mol. The lowest BCUT2D eigenvalue weighted by Gasteiger charge is -2.22. The molecule has 5 nitrogen and oxygen atoms in total. The molecule has 0 unspecified atom stereocenters. The van der Waals surface area contributed by atoms with Crippen LogP contribution in [-0.2, 0) is 4.79 Å². The minimum absolute atomic E-state index is 0.113. The number of ether oxygens (including phenoxy) is 2. The van der Waals surface area contributed by atoms with Crippen molar-refractivity contribution in [3.8, 4) is 17.2 Å². The molecule has 0 aromatic heterocycles. The van der Waals surface area contributed by atoms with E-state index >= 15 is 0 Å². The molecular formula is C19H22N2O3. The SMILES string of the molecule is COc1ccccc1Oc1ccc(NC(=O)C2(N)CCCC2)cc1. The number of rotatable bonds is 5. The number of nitrogens with one attached hydrogen (secondary N) is 1. The summed E-state index contributed by atoms with van der Waals surface area (Å²) in [6.45, 7) is 0. The number of methoxy groups -OCH3 is 1. The van der Waals surface area contributed by atoms with Crippen LogP contribution in [0.5, 0.6) is 17.2 Å². The van der Waals surface area contributed by atoms with Crippen LogP contribution in [0.15, 0.2) is 48.5 Å². The fourth-order valence-corrected chi connectivity index (χ4v) is 2.92. The van der Waals surface area contributed by atoms with Crippen LogP contribution in [0.4, 0.5) is 5.69 Å². The van der Waals surface area contributed by atoms with Crippen molar-refractivity contribution < 1.29 is 14.3 Å². The number of carbonyl (C=O) groups is 1.